The highest BCUT2D eigenvalue weighted by Crippen LogP contribution is 2.41. The highest BCUT2D eigenvalue weighted by atomic mass is 35.5. The van der Waals surface area contributed by atoms with Crippen molar-refractivity contribution in [2.45, 2.75) is 18.4 Å². The summed E-state index contributed by atoms with van der Waals surface area (Å²) in [5, 5.41) is 0. The van der Waals surface area contributed by atoms with Crippen molar-refractivity contribution in [1.82, 2.24) is 4.98 Å². The van der Waals surface area contributed by atoms with Gasteiger partial charge in [-0.05, 0) is 25.0 Å². The van der Waals surface area contributed by atoms with Crippen molar-refractivity contribution < 1.29 is 9.53 Å². The molecule has 0 atom stereocenters. The van der Waals surface area contributed by atoms with Gasteiger partial charge in [0, 0.05) is 6.20 Å². The standard InChI is InChI=1S/C10H12N2O2.2ClH/c1-14-9(13)7-2-3-8(12-6-7)10(11)4-5-10;;/h2-3,6H,4-5,11H2,1H3;2*1H. The molecule has 6 heteroatoms. The van der Waals surface area contributed by atoms with E-state index in [0.29, 0.717) is 5.56 Å². The molecule has 0 spiro atoms. The first-order valence-electron chi connectivity index (χ1n) is 4.49. The minimum absolute atomic E-state index is 0. The molecule has 2 N–H and O–H groups in total. The Morgan fingerprint density at radius 1 is 1.44 bits per heavy atom. The predicted molar refractivity (Wildman–Crippen MR) is 65.2 cm³/mol. The van der Waals surface area contributed by atoms with Gasteiger partial charge in [0.25, 0.3) is 0 Å². The van der Waals surface area contributed by atoms with E-state index >= 15 is 0 Å². The summed E-state index contributed by atoms with van der Waals surface area (Å²) in [6.45, 7) is 0. The number of halogens is 2. The van der Waals surface area contributed by atoms with E-state index in [1.807, 2.05) is 0 Å². The lowest BCUT2D eigenvalue weighted by Crippen LogP contribution is -2.20. The first-order chi connectivity index (χ1) is 6.65. The maximum absolute atomic E-state index is 11.1. The normalized spacial score (nSPS) is 15.4. The average molecular weight is 265 g/mol. The van der Waals surface area contributed by atoms with Crippen molar-refractivity contribution in [3.8, 4) is 0 Å². The minimum Gasteiger partial charge on any atom is -0.465 e. The molecule has 4 nitrogen and oxygen atoms in total. The molecule has 0 radical (unpaired) electrons. The van der Waals surface area contributed by atoms with Crippen LogP contribution in [-0.4, -0.2) is 18.1 Å². The molecule has 1 saturated carbocycles. The Bertz CT molecular complexity index is 364. The largest absolute Gasteiger partial charge is 0.465 e. The van der Waals surface area contributed by atoms with Crippen LogP contribution in [0.15, 0.2) is 18.3 Å². The maximum Gasteiger partial charge on any atom is 0.339 e. The number of hydrogen-bond acceptors (Lipinski definition) is 4. The summed E-state index contributed by atoms with van der Waals surface area (Å²) in [5.41, 5.74) is 7.02. The molecular weight excluding hydrogens is 251 g/mol. The second kappa shape index (κ2) is 5.48. The van der Waals surface area contributed by atoms with Crippen LogP contribution in [0.5, 0.6) is 0 Å². The van der Waals surface area contributed by atoms with Gasteiger partial charge >= 0.3 is 5.97 Å². The van der Waals surface area contributed by atoms with E-state index in [1.54, 1.807) is 12.1 Å². The quantitative estimate of drug-likeness (QED) is 0.826. The Morgan fingerprint density at radius 3 is 2.44 bits per heavy atom. The Labute approximate surface area is 106 Å². The van der Waals surface area contributed by atoms with Crippen molar-refractivity contribution in [3.05, 3.63) is 29.6 Å². The molecule has 2 rings (SSSR count). The third-order valence-corrected chi connectivity index (χ3v) is 2.48. The van der Waals surface area contributed by atoms with Gasteiger partial charge in [-0.2, -0.15) is 0 Å². The molecule has 0 saturated heterocycles. The molecule has 0 amide bonds. The average Bonchev–Trinajstić information content (AvgIpc) is 2.97. The van der Waals surface area contributed by atoms with Crippen LogP contribution < -0.4 is 5.73 Å². The lowest BCUT2D eigenvalue weighted by atomic mass is 10.1. The molecule has 0 bridgehead atoms. The Balaban J connectivity index is 0.00000112. The number of ether oxygens (including phenoxy) is 1. The number of methoxy groups -OCH3 is 1. The van der Waals surface area contributed by atoms with Crippen molar-refractivity contribution in [3.63, 3.8) is 0 Å². The van der Waals surface area contributed by atoms with Gasteiger partial charge in [-0.15, -0.1) is 24.8 Å². The Hall–Kier alpha value is -0.840. The van der Waals surface area contributed by atoms with E-state index in [0.717, 1.165) is 18.5 Å². The zero-order chi connectivity index (χ0) is 10.2. The van der Waals surface area contributed by atoms with E-state index in [9.17, 15) is 4.79 Å². The van der Waals surface area contributed by atoms with E-state index in [-0.39, 0.29) is 36.3 Å². The number of carbonyl (C=O) groups is 1. The zero-order valence-electron chi connectivity index (χ0n) is 8.80. The maximum atomic E-state index is 11.1. The third kappa shape index (κ3) is 2.84. The number of pyridine rings is 1. The Kier molecular flexibility index (Phi) is 5.19. The van der Waals surface area contributed by atoms with Crippen molar-refractivity contribution >= 4 is 30.8 Å². The second-order valence-electron chi connectivity index (χ2n) is 3.58. The molecule has 1 fully saturated rings. The summed E-state index contributed by atoms with van der Waals surface area (Å²) in [4.78, 5) is 15.3. The van der Waals surface area contributed by atoms with Gasteiger partial charge in [-0.3, -0.25) is 4.98 Å². The van der Waals surface area contributed by atoms with Gasteiger partial charge < -0.3 is 10.5 Å². The Morgan fingerprint density at radius 2 is 2.06 bits per heavy atom. The van der Waals surface area contributed by atoms with Gasteiger partial charge in [-0.1, -0.05) is 0 Å². The van der Waals surface area contributed by atoms with Crippen LogP contribution in [0.4, 0.5) is 0 Å². The van der Waals surface area contributed by atoms with E-state index < -0.39 is 0 Å². The first kappa shape index (κ1) is 15.2. The number of esters is 1. The second-order valence-corrected chi connectivity index (χ2v) is 3.58. The topological polar surface area (TPSA) is 65.2 Å². The van der Waals surface area contributed by atoms with Crippen LogP contribution in [0.1, 0.15) is 28.9 Å². The number of rotatable bonds is 2. The first-order valence-corrected chi connectivity index (χ1v) is 4.49. The molecular formula is C10H14Cl2N2O2. The molecule has 90 valence electrons. The molecule has 16 heavy (non-hydrogen) atoms. The minimum atomic E-state index is -0.370. The summed E-state index contributed by atoms with van der Waals surface area (Å²) in [6.07, 6.45) is 3.45. The molecule has 0 unspecified atom stereocenters. The highest BCUT2D eigenvalue weighted by molar-refractivity contribution is 5.88. The highest BCUT2D eigenvalue weighted by Gasteiger charge is 2.41. The number of nitrogens with zero attached hydrogens (tertiary/aromatic N) is 1. The van der Waals surface area contributed by atoms with Gasteiger partial charge in [0.1, 0.15) is 0 Å². The van der Waals surface area contributed by atoms with Gasteiger partial charge in [0.2, 0.25) is 0 Å². The molecule has 1 aliphatic carbocycles. The molecule has 1 aromatic heterocycles. The van der Waals surface area contributed by atoms with Crippen molar-refractivity contribution in [1.29, 1.82) is 0 Å². The van der Waals surface area contributed by atoms with Crippen LogP contribution in [0.3, 0.4) is 0 Å². The van der Waals surface area contributed by atoms with Crippen LogP contribution in [0.2, 0.25) is 0 Å². The smallest absolute Gasteiger partial charge is 0.339 e. The van der Waals surface area contributed by atoms with Crippen molar-refractivity contribution in [2.75, 3.05) is 7.11 Å². The summed E-state index contributed by atoms with van der Waals surface area (Å²) >= 11 is 0. The number of hydrogen-bond donors (Lipinski definition) is 1. The SMILES string of the molecule is COC(=O)c1ccc(C2(N)CC2)nc1.Cl.Cl. The lowest BCUT2D eigenvalue weighted by Gasteiger charge is -2.07. The number of carbonyl (C=O) groups excluding carboxylic acids is 1. The molecule has 1 heterocycles. The van der Waals surface area contributed by atoms with Crippen LogP contribution in [-0.2, 0) is 10.3 Å². The van der Waals surface area contributed by atoms with Crippen LogP contribution in [0, 0.1) is 0 Å². The van der Waals surface area contributed by atoms with E-state index in [2.05, 4.69) is 9.72 Å². The molecule has 0 aromatic carbocycles. The lowest BCUT2D eigenvalue weighted by molar-refractivity contribution is 0.0600. The van der Waals surface area contributed by atoms with Crippen LogP contribution >= 0.6 is 24.8 Å². The number of aromatic nitrogens is 1. The fourth-order valence-corrected chi connectivity index (χ4v) is 1.32. The predicted octanol–water partition coefficient (Wildman–Crippen LogP) is 1.66. The molecule has 1 aliphatic rings. The van der Waals surface area contributed by atoms with Gasteiger partial charge in [0.15, 0.2) is 0 Å². The number of nitrogens with two attached hydrogens (primary N) is 1. The summed E-state index contributed by atoms with van der Waals surface area (Å²) < 4.78 is 4.57. The third-order valence-electron chi connectivity index (χ3n) is 2.48. The fraction of sp³-hybridized carbons (Fsp3) is 0.400. The monoisotopic (exact) mass is 264 g/mol. The van der Waals surface area contributed by atoms with E-state index in [1.165, 1.54) is 13.3 Å². The van der Waals surface area contributed by atoms with Gasteiger partial charge in [-0.25, -0.2) is 4.79 Å². The van der Waals surface area contributed by atoms with Gasteiger partial charge in [0.05, 0.1) is 23.9 Å². The molecule has 0 aliphatic heterocycles. The summed E-state index contributed by atoms with van der Waals surface area (Å²) in [5.74, 6) is -0.370. The fourth-order valence-electron chi connectivity index (χ4n) is 1.32. The zero-order valence-corrected chi connectivity index (χ0v) is 10.4. The van der Waals surface area contributed by atoms with Crippen LogP contribution in [0.25, 0.3) is 0 Å². The molecule has 1 aromatic rings. The summed E-state index contributed by atoms with van der Waals surface area (Å²) in [7, 11) is 1.35. The van der Waals surface area contributed by atoms with Crippen molar-refractivity contribution in [2.24, 2.45) is 5.73 Å². The van der Waals surface area contributed by atoms with E-state index in [4.69, 9.17) is 5.73 Å². The summed E-state index contributed by atoms with van der Waals surface area (Å²) in [6, 6.07) is 3.49.